The van der Waals surface area contributed by atoms with Gasteiger partial charge in [-0.25, -0.2) is 5.48 Å². The lowest BCUT2D eigenvalue weighted by Gasteiger charge is -2.19. The van der Waals surface area contributed by atoms with Crippen molar-refractivity contribution >= 4 is 28.5 Å². The molecule has 0 radical (unpaired) electrons. The van der Waals surface area contributed by atoms with Gasteiger partial charge in [0.2, 0.25) is 0 Å². The molecule has 0 saturated heterocycles. The molecule has 1 aromatic carbocycles. The van der Waals surface area contributed by atoms with Crippen LogP contribution in [-0.4, -0.2) is 9.33 Å². The molecule has 0 aliphatic heterocycles. The highest BCUT2D eigenvalue weighted by atomic mass is 127. The molecular weight excluding hydrogens is 329 g/mol. The molecule has 0 bridgehead atoms. The lowest BCUT2D eigenvalue weighted by Crippen LogP contribution is -2.39. The van der Waals surface area contributed by atoms with Crippen LogP contribution in [0, 0.1) is 0 Å². The highest BCUT2D eigenvalue weighted by molar-refractivity contribution is 14.1. The lowest BCUT2D eigenvalue weighted by molar-refractivity contribution is -0.136. The molecule has 1 aromatic rings. The van der Waals surface area contributed by atoms with Crippen LogP contribution in [0.25, 0.3) is 0 Å². The summed E-state index contributed by atoms with van der Waals surface area (Å²) in [5.74, 6) is 0.00605. The van der Waals surface area contributed by atoms with E-state index < -0.39 is 0 Å². The van der Waals surface area contributed by atoms with Crippen molar-refractivity contribution in [3.63, 3.8) is 0 Å². The molecule has 1 amide bonds. The van der Waals surface area contributed by atoms with E-state index in [1.54, 1.807) is 0 Å². The smallest absolute Gasteiger partial charge is 0.259 e. The third-order valence-corrected chi connectivity index (χ3v) is 4.62. The van der Waals surface area contributed by atoms with Crippen LogP contribution in [0.3, 0.4) is 0 Å². The summed E-state index contributed by atoms with van der Waals surface area (Å²) in [7, 11) is 0. The van der Waals surface area contributed by atoms with Crippen molar-refractivity contribution in [2.24, 2.45) is 0 Å². The molecule has 4 heteroatoms. The molecule has 1 N–H and O–H groups in total. The van der Waals surface area contributed by atoms with Gasteiger partial charge in [0.05, 0.1) is 6.61 Å². The minimum Gasteiger partial charge on any atom is -0.271 e. The Hall–Kier alpha value is -0.620. The van der Waals surface area contributed by atoms with Crippen LogP contribution in [0.2, 0.25) is 0 Å². The van der Waals surface area contributed by atoms with E-state index in [0.29, 0.717) is 6.61 Å². The van der Waals surface area contributed by atoms with Gasteiger partial charge < -0.3 is 0 Å². The van der Waals surface area contributed by atoms with Crippen LogP contribution < -0.4 is 5.48 Å². The van der Waals surface area contributed by atoms with Gasteiger partial charge in [-0.2, -0.15) is 0 Å². The molecule has 17 heavy (non-hydrogen) atoms. The second-order valence-electron chi connectivity index (χ2n) is 4.38. The van der Waals surface area contributed by atoms with Crippen molar-refractivity contribution < 1.29 is 9.63 Å². The summed E-state index contributed by atoms with van der Waals surface area (Å²) in [4.78, 5) is 17.2. The molecule has 0 aromatic heterocycles. The van der Waals surface area contributed by atoms with Crippen LogP contribution in [0.5, 0.6) is 0 Å². The standard InChI is InChI=1S/C13H16INO2/c14-13(8-4-5-9-13)12(16)15-17-10-11-6-2-1-3-7-11/h1-3,6-7H,4-5,8-10H2,(H,15,16). The molecule has 0 unspecified atom stereocenters. The van der Waals surface area contributed by atoms with Gasteiger partial charge in [0.25, 0.3) is 5.91 Å². The summed E-state index contributed by atoms with van der Waals surface area (Å²) < 4.78 is -0.256. The minimum absolute atomic E-state index is 0.00605. The van der Waals surface area contributed by atoms with E-state index in [0.717, 1.165) is 31.2 Å². The van der Waals surface area contributed by atoms with E-state index in [2.05, 4.69) is 28.1 Å². The van der Waals surface area contributed by atoms with Crippen LogP contribution in [0.4, 0.5) is 0 Å². The number of carbonyl (C=O) groups excluding carboxylic acids is 1. The third kappa shape index (κ3) is 3.42. The number of rotatable bonds is 4. The number of hydroxylamine groups is 1. The first-order chi connectivity index (χ1) is 8.21. The fraction of sp³-hybridized carbons (Fsp3) is 0.462. The van der Waals surface area contributed by atoms with E-state index in [9.17, 15) is 4.79 Å². The van der Waals surface area contributed by atoms with E-state index in [1.807, 2.05) is 30.3 Å². The normalized spacial score (nSPS) is 17.9. The maximum absolute atomic E-state index is 11.9. The topological polar surface area (TPSA) is 38.3 Å². The predicted octanol–water partition coefficient (Wildman–Crippen LogP) is 2.98. The highest BCUT2D eigenvalue weighted by Gasteiger charge is 2.38. The van der Waals surface area contributed by atoms with Crippen LogP contribution in [0.15, 0.2) is 30.3 Å². The summed E-state index contributed by atoms with van der Waals surface area (Å²) in [5, 5.41) is 0. The molecule has 0 atom stereocenters. The number of amides is 1. The molecule has 0 heterocycles. The minimum atomic E-state index is -0.256. The molecule has 0 spiro atoms. The Morgan fingerprint density at radius 3 is 2.59 bits per heavy atom. The largest absolute Gasteiger partial charge is 0.271 e. The molecule has 92 valence electrons. The summed E-state index contributed by atoms with van der Waals surface area (Å²) in [6.07, 6.45) is 4.17. The second-order valence-corrected chi connectivity index (χ2v) is 6.44. The number of nitrogens with one attached hydrogen (secondary N) is 1. The second kappa shape index (κ2) is 5.82. The molecule has 1 aliphatic rings. The van der Waals surface area contributed by atoms with Crippen LogP contribution in [0.1, 0.15) is 31.2 Å². The number of benzene rings is 1. The Morgan fingerprint density at radius 1 is 1.29 bits per heavy atom. The van der Waals surface area contributed by atoms with Crippen molar-refractivity contribution in [3.8, 4) is 0 Å². The molecule has 1 fully saturated rings. The van der Waals surface area contributed by atoms with Crippen molar-refractivity contribution in [1.82, 2.24) is 5.48 Å². The first kappa shape index (κ1) is 12.8. The van der Waals surface area contributed by atoms with Gasteiger partial charge in [-0.1, -0.05) is 65.8 Å². The number of halogens is 1. The molecule has 3 nitrogen and oxygen atoms in total. The Morgan fingerprint density at radius 2 is 1.94 bits per heavy atom. The molecule has 1 saturated carbocycles. The molecular formula is C13H16INO2. The number of hydrogen-bond acceptors (Lipinski definition) is 2. The average Bonchev–Trinajstić information content (AvgIpc) is 2.79. The predicted molar refractivity (Wildman–Crippen MR) is 74.6 cm³/mol. The summed E-state index contributed by atoms with van der Waals surface area (Å²) in [6, 6.07) is 9.82. The average molecular weight is 345 g/mol. The maximum Gasteiger partial charge on any atom is 0.259 e. The Balaban J connectivity index is 1.77. The zero-order chi connectivity index (χ0) is 12.1. The summed E-state index contributed by atoms with van der Waals surface area (Å²) >= 11 is 2.25. The molecule has 2 rings (SSSR count). The van der Waals surface area contributed by atoms with E-state index in [4.69, 9.17) is 4.84 Å². The first-order valence-corrected chi connectivity index (χ1v) is 6.94. The van der Waals surface area contributed by atoms with Gasteiger partial charge in [-0.05, 0) is 18.4 Å². The maximum atomic E-state index is 11.9. The Kier molecular flexibility index (Phi) is 4.39. The zero-order valence-corrected chi connectivity index (χ0v) is 11.8. The first-order valence-electron chi connectivity index (χ1n) is 5.86. The Labute approximate surface area is 115 Å². The van der Waals surface area contributed by atoms with Crippen LogP contribution >= 0.6 is 22.6 Å². The SMILES string of the molecule is O=C(NOCc1ccccc1)C1(I)CCCC1. The molecule has 1 aliphatic carbocycles. The van der Waals surface area contributed by atoms with Gasteiger partial charge in [-0.15, -0.1) is 0 Å². The quantitative estimate of drug-likeness (QED) is 0.518. The fourth-order valence-corrected chi connectivity index (χ4v) is 2.89. The fourth-order valence-electron chi connectivity index (χ4n) is 2.01. The van der Waals surface area contributed by atoms with E-state index >= 15 is 0 Å². The number of alkyl halides is 1. The van der Waals surface area contributed by atoms with Crippen molar-refractivity contribution in [2.75, 3.05) is 0 Å². The third-order valence-electron chi connectivity index (χ3n) is 3.05. The summed E-state index contributed by atoms with van der Waals surface area (Å²) in [5.41, 5.74) is 3.62. The number of carbonyl (C=O) groups is 1. The van der Waals surface area contributed by atoms with Gasteiger partial charge in [0.1, 0.15) is 3.42 Å². The van der Waals surface area contributed by atoms with E-state index in [-0.39, 0.29) is 9.33 Å². The van der Waals surface area contributed by atoms with Gasteiger partial charge >= 0.3 is 0 Å². The van der Waals surface area contributed by atoms with Crippen LogP contribution in [-0.2, 0) is 16.2 Å². The monoisotopic (exact) mass is 345 g/mol. The zero-order valence-electron chi connectivity index (χ0n) is 9.62. The van der Waals surface area contributed by atoms with Gasteiger partial charge in [-0.3, -0.25) is 9.63 Å². The summed E-state index contributed by atoms with van der Waals surface area (Å²) in [6.45, 7) is 0.416. The van der Waals surface area contributed by atoms with Crippen molar-refractivity contribution in [3.05, 3.63) is 35.9 Å². The van der Waals surface area contributed by atoms with Gasteiger partial charge in [0, 0.05) is 0 Å². The number of hydrogen-bond donors (Lipinski definition) is 1. The van der Waals surface area contributed by atoms with Gasteiger partial charge in [0.15, 0.2) is 0 Å². The van der Waals surface area contributed by atoms with E-state index in [1.165, 1.54) is 0 Å². The lowest BCUT2D eigenvalue weighted by atomic mass is 10.1. The van der Waals surface area contributed by atoms with Crippen molar-refractivity contribution in [2.45, 2.75) is 35.7 Å². The Bertz CT molecular complexity index is 374. The highest BCUT2D eigenvalue weighted by Crippen LogP contribution is 2.38. The van der Waals surface area contributed by atoms with Crippen molar-refractivity contribution in [1.29, 1.82) is 0 Å².